The molecule has 0 unspecified atom stereocenters. The fraction of sp³-hybridized carbons (Fsp3) is 0.273. The Kier molecular flexibility index (Phi) is 8.13. The van der Waals surface area contributed by atoms with E-state index in [9.17, 15) is 9.59 Å². The number of amides is 1. The number of rotatable bonds is 9. The minimum absolute atomic E-state index is 0.124. The summed E-state index contributed by atoms with van der Waals surface area (Å²) in [5.74, 6) is 0.558. The largest absolute Gasteiger partial charge is 0.497 e. The van der Waals surface area contributed by atoms with Crippen LogP contribution in [0.3, 0.4) is 0 Å². The second-order valence-electron chi connectivity index (χ2n) is 6.64. The first-order valence-corrected chi connectivity index (χ1v) is 11.1. The molecule has 0 aliphatic heterocycles. The van der Waals surface area contributed by atoms with Gasteiger partial charge >= 0.3 is 5.97 Å². The zero-order valence-corrected chi connectivity index (χ0v) is 19.4. The van der Waals surface area contributed by atoms with Crippen molar-refractivity contribution in [1.29, 1.82) is 0 Å². The van der Waals surface area contributed by atoms with Crippen LogP contribution in [-0.2, 0) is 16.1 Å². The standard InChI is InChI=1S/C22H23ClN4O4S/c1-4-31-21(29)14(2)32-22-26-25-19(27(22)17-7-5-6-16(23)12-17)13-24-20(28)15-8-10-18(30-3)11-9-15/h5-12,14H,4,13H2,1-3H3,(H,24,28)/t14-/m1/s1. The number of benzene rings is 2. The van der Waals surface area contributed by atoms with Gasteiger partial charge in [0, 0.05) is 10.6 Å². The van der Waals surface area contributed by atoms with Gasteiger partial charge in [-0.15, -0.1) is 10.2 Å². The van der Waals surface area contributed by atoms with Gasteiger partial charge in [0.1, 0.15) is 11.0 Å². The highest BCUT2D eigenvalue weighted by Crippen LogP contribution is 2.27. The zero-order valence-electron chi connectivity index (χ0n) is 17.9. The normalized spacial score (nSPS) is 11.6. The monoisotopic (exact) mass is 474 g/mol. The average Bonchev–Trinajstić information content (AvgIpc) is 3.19. The molecule has 0 saturated heterocycles. The molecule has 168 valence electrons. The van der Waals surface area contributed by atoms with Gasteiger partial charge in [-0.3, -0.25) is 14.2 Å². The Morgan fingerprint density at radius 2 is 1.94 bits per heavy atom. The first-order valence-electron chi connectivity index (χ1n) is 9.88. The van der Waals surface area contributed by atoms with Crippen LogP contribution in [0.25, 0.3) is 5.69 Å². The molecule has 1 aromatic heterocycles. The van der Waals surface area contributed by atoms with E-state index in [0.29, 0.717) is 33.9 Å². The van der Waals surface area contributed by atoms with Crippen LogP contribution in [-0.4, -0.2) is 45.6 Å². The van der Waals surface area contributed by atoms with E-state index in [-0.39, 0.29) is 18.4 Å². The number of esters is 1. The molecule has 2 aromatic carbocycles. The van der Waals surface area contributed by atoms with Crippen LogP contribution in [0.4, 0.5) is 0 Å². The fourth-order valence-corrected chi connectivity index (χ4v) is 3.90. The van der Waals surface area contributed by atoms with Crippen molar-refractivity contribution in [1.82, 2.24) is 20.1 Å². The van der Waals surface area contributed by atoms with Gasteiger partial charge in [0.05, 0.1) is 25.9 Å². The predicted octanol–water partition coefficient (Wildman–Crippen LogP) is 3.90. The van der Waals surface area contributed by atoms with Crippen molar-refractivity contribution in [3.8, 4) is 11.4 Å². The lowest BCUT2D eigenvalue weighted by Crippen LogP contribution is -2.24. The van der Waals surface area contributed by atoms with E-state index >= 15 is 0 Å². The van der Waals surface area contributed by atoms with Crippen molar-refractivity contribution < 1.29 is 19.1 Å². The van der Waals surface area contributed by atoms with Crippen molar-refractivity contribution >= 4 is 35.2 Å². The van der Waals surface area contributed by atoms with Gasteiger partial charge < -0.3 is 14.8 Å². The first kappa shape index (κ1) is 23.6. The van der Waals surface area contributed by atoms with Gasteiger partial charge in [0.25, 0.3) is 5.91 Å². The van der Waals surface area contributed by atoms with E-state index in [1.54, 1.807) is 68.0 Å². The molecular formula is C22H23ClN4O4S. The SMILES string of the molecule is CCOC(=O)[C@@H](C)Sc1nnc(CNC(=O)c2ccc(OC)cc2)n1-c1cccc(Cl)c1. The number of hydrogen-bond acceptors (Lipinski definition) is 7. The lowest BCUT2D eigenvalue weighted by molar-refractivity contribution is -0.142. The summed E-state index contributed by atoms with van der Waals surface area (Å²) in [7, 11) is 1.57. The van der Waals surface area contributed by atoms with Crippen molar-refractivity contribution in [2.24, 2.45) is 0 Å². The number of carbonyl (C=O) groups is 2. The Labute approximate surface area is 195 Å². The molecule has 1 heterocycles. The second-order valence-corrected chi connectivity index (χ2v) is 8.38. The highest BCUT2D eigenvalue weighted by atomic mass is 35.5. The number of nitrogens with one attached hydrogen (secondary N) is 1. The molecule has 0 aliphatic rings. The molecule has 8 nitrogen and oxygen atoms in total. The zero-order chi connectivity index (χ0) is 23.1. The maximum absolute atomic E-state index is 12.6. The number of carbonyl (C=O) groups excluding carboxylic acids is 2. The molecule has 0 aliphatic carbocycles. The third kappa shape index (κ3) is 5.80. The summed E-state index contributed by atoms with van der Waals surface area (Å²) in [5.41, 5.74) is 1.21. The van der Waals surface area contributed by atoms with Crippen molar-refractivity contribution in [2.45, 2.75) is 30.8 Å². The van der Waals surface area contributed by atoms with E-state index < -0.39 is 5.25 Å². The minimum atomic E-state index is -0.487. The minimum Gasteiger partial charge on any atom is -0.497 e. The van der Waals surface area contributed by atoms with Crippen LogP contribution >= 0.6 is 23.4 Å². The van der Waals surface area contributed by atoms with Gasteiger partial charge in [-0.05, 0) is 56.3 Å². The first-order chi connectivity index (χ1) is 15.4. The summed E-state index contributed by atoms with van der Waals surface area (Å²) in [6.45, 7) is 3.92. The maximum Gasteiger partial charge on any atom is 0.319 e. The van der Waals surface area contributed by atoms with E-state index in [1.165, 1.54) is 11.8 Å². The van der Waals surface area contributed by atoms with Crippen LogP contribution in [0.1, 0.15) is 30.0 Å². The molecule has 32 heavy (non-hydrogen) atoms. The highest BCUT2D eigenvalue weighted by molar-refractivity contribution is 8.00. The second kappa shape index (κ2) is 11.0. The van der Waals surface area contributed by atoms with E-state index in [4.69, 9.17) is 21.1 Å². The van der Waals surface area contributed by atoms with Gasteiger partial charge in [0.2, 0.25) is 0 Å². The summed E-state index contributed by atoms with van der Waals surface area (Å²) < 4.78 is 12.0. The van der Waals surface area contributed by atoms with Crippen LogP contribution < -0.4 is 10.1 Å². The molecular weight excluding hydrogens is 452 g/mol. The Balaban J connectivity index is 1.84. The Morgan fingerprint density at radius 3 is 2.59 bits per heavy atom. The predicted molar refractivity (Wildman–Crippen MR) is 122 cm³/mol. The number of halogens is 1. The molecule has 1 N–H and O–H groups in total. The van der Waals surface area contributed by atoms with Crippen molar-refractivity contribution in [2.75, 3.05) is 13.7 Å². The van der Waals surface area contributed by atoms with Crippen LogP contribution in [0, 0.1) is 0 Å². The summed E-state index contributed by atoms with van der Waals surface area (Å²) in [5, 5.41) is 11.9. The molecule has 10 heteroatoms. The number of methoxy groups -OCH3 is 1. The topological polar surface area (TPSA) is 95.3 Å². The van der Waals surface area contributed by atoms with Gasteiger partial charge in [0.15, 0.2) is 11.0 Å². The fourth-order valence-electron chi connectivity index (χ4n) is 2.84. The van der Waals surface area contributed by atoms with Crippen LogP contribution in [0.5, 0.6) is 5.75 Å². The molecule has 3 rings (SSSR count). The maximum atomic E-state index is 12.6. The molecule has 0 saturated carbocycles. The summed E-state index contributed by atoms with van der Waals surface area (Å²) >= 11 is 7.40. The van der Waals surface area contributed by atoms with E-state index in [0.717, 1.165) is 5.69 Å². The van der Waals surface area contributed by atoms with Crippen LogP contribution in [0.2, 0.25) is 5.02 Å². The summed E-state index contributed by atoms with van der Waals surface area (Å²) in [6.07, 6.45) is 0. The van der Waals surface area contributed by atoms with Crippen molar-refractivity contribution in [3.63, 3.8) is 0 Å². The van der Waals surface area contributed by atoms with Gasteiger partial charge in [-0.1, -0.05) is 29.4 Å². The lowest BCUT2D eigenvalue weighted by atomic mass is 10.2. The number of ether oxygens (including phenoxy) is 2. The van der Waals surface area contributed by atoms with E-state index in [2.05, 4.69) is 15.5 Å². The molecule has 3 aromatic rings. The third-order valence-electron chi connectivity index (χ3n) is 4.43. The Hall–Kier alpha value is -3.04. The molecule has 0 fully saturated rings. The Morgan fingerprint density at radius 1 is 1.19 bits per heavy atom. The lowest BCUT2D eigenvalue weighted by Gasteiger charge is -2.13. The smallest absolute Gasteiger partial charge is 0.319 e. The van der Waals surface area contributed by atoms with Crippen molar-refractivity contribution in [3.05, 3.63) is 64.9 Å². The van der Waals surface area contributed by atoms with Gasteiger partial charge in [-0.2, -0.15) is 0 Å². The number of hydrogen-bond donors (Lipinski definition) is 1. The molecule has 0 radical (unpaired) electrons. The van der Waals surface area contributed by atoms with E-state index in [1.807, 2.05) is 6.07 Å². The highest BCUT2D eigenvalue weighted by Gasteiger charge is 2.22. The number of thioether (sulfide) groups is 1. The average molecular weight is 475 g/mol. The number of aromatic nitrogens is 3. The number of nitrogens with zero attached hydrogens (tertiary/aromatic N) is 3. The Bertz CT molecular complexity index is 1090. The molecule has 0 spiro atoms. The molecule has 1 atom stereocenters. The quantitative estimate of drug-likeness (QED) is 0.371. The third-order valence-corrected chi connectivity index (χ3v) is 5.68. The van der Waals surface area contributed by atoms with Gasteiger partial charge in [-0.25, -0.2) is 0 Å². The van der Waals surface area contributed by atoms with Crippen LogP contribution in [0.15, 0.2) is 53.7 Å². The summed E-state index contributed by atoms with van der Waals surface area (Å²) in [6, 6.07) is 14.0. The molecule has 0 bridgehead atoms. The molecule has 1 amide bonds. The summed E-state index contributed by atoms with van der Waals surface area (Å²) in [4.78, 5) is 24.7.